The van der Waals surface area contributed by atoms with Crippen molar-refractivity contribution in [3.05, 3.63) is 72.2 Å². The number of furan rings is 1. The summed E-state index contributed by atoms with van der Waals surface area (Å²) in [5.74, 6) is 0.224. The fraction of sp³-hybridized carbons (Fsp3) is 0.182. The Morgan fingerprint density at radius 3 is 2.36 bits per heavy atom. The van der Waals surface area contributed by atoms with Crippen molar-refractivity contribution in [3.63, 3.8) is 0 Å². The fourth-order valence-electron chi connectivity index (χ4n) is 3.08. The zero-order valence-corrected chi connectivity index (χ0v) is 18.2. The fourth-order valence-corrected chi connectivity index (χ4v) is 4.14. The molecule has 0 unspecified atom stereocenters. The molecule has 0 spiro atoms. The van der Waals surface area contributed by atoms with Crippen LogP contribution in [0, 0.1) is 0 Å². The molecule has 2 aromatic carbocycles. The van der Waals surface area contributed by atoms with E-state index < -0.39 is 15.9 Å². The van der Waals surface area contributed by atoms with E-state index in [1.807, 2.05) is 0 Å². The summed E-state index contributed by atoms with van der Waals surface area (Å²) in [5, 5.41) is 5.28. The summed E-state index contributed by atoms with van der Waals surface area (Å²) >= 11 is 0. The molecule has 0 bridgehead atoms. The van der Waals surface area contributed by atoms with Gasteiger partial charge >= 0.3 is 0 Å². The maximum absolute atomic E-state index is 12.8. The van der Waals surface area contributed by atoms with Gasteiger partial charge in [-0.15, -0.1) is 0 Å². The van der Waals surface area contributed by atoms with E-state index in [0.29, 0.717) is 24.7 Å². The number of hydrogen-bond acceptors (Lipinski definition) is 7. The standard InChI is InChI=1S/C22H21N3O7S/c26-21(23-8-9-24-22(27)19-5-2-10-30-19)15-3-1-4-16(13-15)25-33(28,29)17-6-7-18-20(14-17)32-12-11-31-18/h1-7,10,13-14,25H,8-9,11-12H2,(H,23,26)(H,24,27). The van der Waals surface area contributed by atoms with E-state index >= 15 is 0 Å². The first-order valence-electron chi connectivity index (χ1n) is 10.0. The van der Waals surface area contributed by atoms with Crippen LogP contribution >= 0.6 is 0 Å². The van der Waals surface area contributed by atoms with Crippen molar-refractivity contribution >= 4 is 27.5 Å². The highest BCUT2D eigenvalue weighted by atomic mass is 32.2. The topological polar surface area (TPSA) is 136 Å². The minimum atomic E-state index is -3.91. The molecule has 0 saturated carbocycles. The van der Waals surface area contributed by atoms with Crippen LogP contribution in [0.3, 0.4) is 0 Å². The Labute approximate surface area is 189 Å². The normalized spacial score (nSPS) is 12.6. The van der Waals surface area contributed by atoms with Crippen LogP contribution in [-0.2, 0) is 10.0 Å². The molecule has 0 atom stereocenters. The highest BCUT2D eigenvalue weighted by molar-refractivity contribution is 7.92. The summed E-state index contributed by atoms with van der Waals surface area (Å²) in [6.45, 7) is 1.12. The van der Waals surface area contributed by atoms with Crippen molar-refractivity contribution in [1.29, 1.82) is 0 Å². The molecule has 0 saturated heterocycles. The van der Waals surface area contributed by atoms with Gasteiger partial charge in [-0.1, -0.05) is 6.07 Å². The van der Waals surface area contributed by atoms with Gasteiger partial charge in [0.15, 0.2) is 17.3 Å². The lowest BCUT2D eigenvalue weighted by Crippen LogP contribution is -2.34. The minimum Gasteiger partial charge on any atom is -0.486 e. The van der Waals surface area contributed by atoms with E-state index in [4.69, 9.17) is 13.9 Å². The molecule has 172 valence electrons. The van der Waals surface area contributed by atoms with Crippen molar-refractivity contribution in [2.24, 2.45) is 0 Å². The third-order valence-corrected chi connectivity index (χ3v) is 6.02. The van der Waals surface area contributed by atoms with Crippen LogP contribution in [0.25, 0.3) is 0 Å². The number of rotatable bonds is 8. The van der Waals surface area contributed by atoms with Crippen molar-refractivity contribution in [1.82, 2.24) is 10.6 Å². The molecule has 3 N–H and O–H groups in total. The molecule has 3 aromatic rings. The van der Waals surface area contributed by atoms with Gasteiger partial charge in [0, 0.05) is 30.4 Å². The smallest absolute Gasteiger partial charge is 0.287 e. The molecule has 1 aromatic heterocycles. The first-order valence-corrected chi connectivity index (χ1v) is 11.5. The number of carbonyl (C=O) groups is 2. The Bertz CT molecular complexity index is 1260. The third-order valence-electron chi connectivity index (χ3n) is 4.64. The maximum Gasteiger partial charge on any atom is 0.287 e. The first kappa shape index (κ1) is 22.2. The van der Waals surface area contributed by atoms with Gasteiger partial charge < -0.3 is 24.5 Å². The lowest BCUT2D eigenvalue weighted by atomic mass is 10.2. The Kier molecular flexibility index (Phi) is 6.50. The van der Waals surface area contributed by atoms with Gasteiger partial charge in [-0.2, -0.15) is 0 Å². The average molecular weight is 471 g/mol. The molecule has 0 aliphatic carbocycles. The number of amides is 2. The lowest BCUT2D eigenvalue weighted by Gasteiger charge is -2.19. The second-order valence-electron chi connectivity index (χ2n) is 6.98. The molecule has 2 heterocycles. The SMILES string of the molecule is O=C(NCCNC(=O)c1ccco1)c1cccc(NS(=O)(=O)c2ccc3c(c2)OCCO3)c1. The summed E-state index contributed by atoms with van der Waals surface area (Å²) in [6.07, 6.45) is 1.39. The van der Waals surface area contributed by atoms with Crippen LogP contribution < -0.4 is 24.8 Å². The van der Waals surface area contributed by atoms with Crippen molar-refractivity contribution in [2.45, 2.75) is 4.90 Å². The Morgan fingerprint density at radius 1 is 0.848 bits per heavy atom. The molecular formula is C22H21N3O7S. The summed E-state index contributed by atoms with van der Waals surface area (Å²) in [4.78, 5) is 24.2. The molecule has 1 aliphatic heterocycles. The first-order chi connectivity index (χ1) is 15.9. The van der Waals surface area contributed by atoms with E-state index in [0.717, 1.165) is 0 Å². The summed E-state index contributed by atoms with van der Waals surface area (Å²) in [6, 6.07) is 13.6. The molecular weight excluding hydrogens is 450 g/mol. The highest BCUT2D eigenvalue weighted by Crippen LogP contribution is 2.32. The van der Waals surface area contributed by atoms with E-state index in [1.54, 1.807) is 18.2 Å². The summed E-state index contributed by atoms with van der Waals surface area (Å²) in [7, 11) is -3.91. The number of sulfonamides is 1. The molecule has 11 heteroatoms. The summed E-state index contributed by atoms with van der Waals surface area (Å²) in [5.41, 5.74) is 0.485. The molecule has 4 rings (SSSR count). The van der Waals surface area contributed by atoms with Gasteiger partial charge in [-0.25, -0.2) is 8.42 Å². The second-order valence-corrected chi connectivity index (χ2v) is 8.66. The van der Waals surface area contributed by atoms with Crippen LogP contribution in [0.2, 0.25) is 0 Å². The molecule has 10 nitrogen and oxygen atoms in total. The average Bonchev–Trinajstić information content (AvgIpc) is 3.36. The zero-order chi connectivity index (χ0) is 23.3. The Hall–Kier alpha value is -3.99. The van der Waals surface area contributed by atoms with Crippen molar-refractivity contribution in [2.75, 3.05) is 31.0 Å². The van der Waals surface area contributed by atoms with E-state index in [9.17, 15) is 18.0 Å². The third kappa shape index (κ3) is 5.44. The van der Waals surface area contributed by atoms with Crippen LogP contribution in [0.5, 0.6) is 11.5 Å². The van der Waals surface area contributed by atoms with Gasteiger partial charge in [-0.3, -0.25) is 14.3 Å². The molecule has 2 amide bonds. The van der Waals surface area contributed by atoms with Crippen LogP contribution in [0.1, 0.15) is 20.9 Å². The number of anilines is 1. The van der Waals surface area contributed by atoms with E-state index in [-0.39, 0.29) is 40.9 Å². The predicted octanol–water partition coefficient (Wildman–Crippen LogP) is 2.01. The lowest BCUT2D eigenvalue weighted by molar-refractivity contribution is 0.0910. The van der Waals surface area contributed by atoms with E-state index in [2.05, 4.69) is 15.4 Å². The minimum absolute atomic E-state index is 0.00824. The van der Waals surface area contributed by atoms with Gasteiger partial charge in [0.25, 0.3) is 21.8 Å². The number of carbonyl (C=O) groups excluding carboxylic acids is 2. The number of nitrogens with one attached hydrogen (secondary N) is 3. The number of hydrogen-bond donors (Lipinski definition) is 3. The Balaban J connectivity index is 1.35. The second kappa shape index (κ2) is 9.65. The van der Waals surface area contributed by atoms with Gasteiger partial charge in [0.05, 0.1) is 11.2 Å². The highest BCUT2D eigenvalue weighted by Gasteiger charge is 2.20. The predicted molar refractivity (Wildman–Crippen MR) is 118 cm³/mol. The zero-order valence-electron chi connectivity index (χ0n) is 17.4. The largest absolute Gasteiger partial charge is 0.486 e. The van der Waals surface area contributed by atoms with E-state index in [1.165, 1.54) is 42.7 Å². The number of benzene rings is 2. The Morgan fingerprint density at radius 2 is 1.61 bits per heavy atom. The maximum atomic E-state index is 12.8. The van der Waals surface area contributed by atoms with Crippen LogP contribution in [0.4, 0.5) is 5.69 Å². The molecule has 0 fully saturated rings. The van der Waals surface area contributed by atoms with Crippen molar-refractivity contribution < 1.29 is 31.9 Å². The van der Waals surface area contributed by atoms with Crippen molar-refractivity contribution in [3.8, 4) is 11.5 Å². The van der Waals surface area contributed by atoms with Gasteiger partial charge in [-0.05, 0) is 42.5 Å². The quantitative estimate of drug-likeness (QED) is 0.428. The molecule has 33 heavy (non-hydrogen) atoms. The monoisotopic (exact) mass is 471 g/mol. The number of ether oxygens (including phenoxy) is 2. The van der Waals surface area contributed by atoms with Gasteiger partial charge in [0.1, 0.15) is 13.2 Å². The molecule has 0 radical (unpaired) electrons. The van der Waals surface area contributed by atoms with Gasteiger partial charge in [0.2, 0.25) is 0 Å². The van der Waals surface area contributed by atoms with Crippen LogP contribution in [0.15, 0.2) is 70.2 Å². The van der Waals surface area contributed by atoms with Crippen LogP contribution in [-0.4, -0.2) is 46.5 Å². The molecule has 1 aliphatic rings. The summed E-state index contributed by atoms with van der Waals surface area (Å²) < 4.78 is 43.9. The number of fused-ring (bicyclic) bond motifs is 1.